The van der Waals surface area contributed by atoms with Crippen LogP contribution in [0.25, 0.3) is 0 Å². The van der Waals surface area contributed by atoms with Gasteiger partial charge in [0.05, 0.1) is 6.21 Å². The Kier molecular flexibility index (Phi) is 2.17. The number of allylic oxidation sites excluding steroid dienone is 2. The van der Waals surface area contributed by atoms with Crippen LogP contribution in [0.4, 0.5) is 0 Å². The van der Waals surface area contributed by atoms with Crippen LogP contribution in [-0.4, -0.2) is 25.3 Å². The molecule has 0 saturated heterocycles. The van der Waals surface area contributed by atoms with E-state index in [0.717, 1.165) is 11.8 Å². The van der Waals surface area contributed by atoms with Crippen LogP contribution >= 0.6 is 0 Å². The molecule has 2 heteroatoms. The first-order chi connectivity index (χ1) is 6.51. The van der Waals surface area contributed by atoms with Crippen molar-refractivity contribution in [2.45, 2.75) is 26.7 Å². The standard InChI is InChI=1S/C12H20N2/c1-12(2)10-6-5-9(11(12)7-10)8-13-14(3)4/h5,8,10-11H,6-7H2,1-4H3/b13-8-/t10-,11-/m0/s1. The van der Waals surface area contributed by atoms with E-state index in [-0.39, 0.29) is 0 Å². The Balaban J connectivity index is 2.11. The molecule has 2 atom stereocenters. The third-order valence-corrected chi connectivity index (χ3v) is 3.95. The lowest BCUT2D eigenvalue weighted by molar-refractivity contribution is -0.00132. The fraction of sp³-hybridized carbons (Fsp3) is 0.750. The first-order valence-corrected chi connectivity index (χ1v) is 5.43. The van der Waals surface area contributed by atoms with E-state index in [9.17, 15) is 0 Å². The fourth-order valence-electron chi connectivity index (χ4n) is 2.73. The molecule has 0 aromatic heterocycles. The number of hydrogen-bond acceptors (Lipinski definition) is 2. The van der Waals surface area contributed by atoms with Crippen LogP contribution in [0.5, 0.6) is 0 Å². The second kappa shape index (κ2) is 3.11. The third-order valence-electron chi connectivity index (χ3n) is 3.95. The summed E-state index contributed by atoms with van der Waals surface area (Å²) >= 11 is 0. The largest absolute Gasteiger partial charge is 0.303 e. The van der Waals surface area contributed by atoms with Gasteiger partial charge >= 0.3 is 0 Å². The first kappa shape index (κ1) is 9.75. The quantitative estimate of drug-likeness (QED) is 0.485. The van der Waals surface area contributed by atoms with Crippen molar-refractivity contribution in [1.82, 2.24) is 5.01 Å². The maximum atomic E-state index is 4.33. The van der Waals surface area contributed by atoms with Gasteiger partial charge in [0.15, 0.2) is 0 Å². The van der Waals surface area contributed by atoms with Crippen molar-refractivity contribution in [3.8, 4) is 0 Å². The number of hydrazone groups is 1. The Morgan fingerprint density at radius 3 is 2.71 bits per heavy atom. The molecule has 14 heavy (non-hydrogen) atoms. The summed E-state index contributed by atoms with van der Waals surface area (Å²) in [6.07, 6.45) is 7.04. The Bertz CT molecular complexity index is 287. The lowest BCUT2D eigenvalue weighted by atomic mass is 9.49. The van der Waals surface area contributed by atoms with E-state index in [1.165, 1.54) is 18.4 Å². The molecule has 0 unspecified atom stereocenters. The van der Waals surface area contributed by atoms with Crippen molar-refractivity contribution < 1.29 is 0 Å². The van der Waals surface area contributed by atoms with Crippen LogP contribution in [0.15, 0.2) is 16.8 Å². The molecule has 78 valence electrons. The predicted molar refractivity (Wildman–Crippen MR) is 60.3 cm³/mol. The summed E-state index contributed by atoms with van der Waals surface area (Å²) < 4.78 is 0. The van der Waals surface area contributed by atoms with E-state index < -0.39 is 0 Å². The monoisotopic (exact) mass is 192 g/mol. The van der Waals surface area contributed by atoms with E-state index in [4.69, 9.17) is 0 Å². The average molecular weight is 192 g/mol. The summed E-state index contributed by atoms with van der Waals surface area (Å²) in [7, 11) is 3.93. The first-order valence-electron chi connectivity index (χ1n) is 5.43. The SMILES string of the molecule is CN(C)/N=C\C1=CC[C@H]2C[C@@H]1C2(C)C. The van der Waals surface area contributed by atoms with Crippen LogP contribution < -0.4 is 0 Å². The van der Waals surface area contributed by atoms with E-state index in [1.807, 2.05) is 25.3 Å². The number of rotatable bonds is 2. The lowest BCUT2D eigenvalue weighted by Gasteiger charge is -2.55. The van der Waals surface area contributed by atoms with Gasteiger partial charge in [-0.3, -0.25) is 0 Å². The van der Waals surface area contributed by atoms with Gasteiger partial charge in [-0.25, -0.2) is 0 Å². The summed E-state index contributed by atoms with van der Waals surface area (Å²) in [6.45, 7) is 4.78. The fourth-order valence-corrected chi connectivity index (χ4v) is 2.73. The highest BCUT2D eigenvalue weighted by atomic mass is 15.4. The van der Waals surface area contributed by atoms with Gasteiger partial charge in [0, 0.05) is 14.1 Å². The Labute approximate surface area is 86.7 Å². The number of nitrogens with zero attached hydrogens (tertiary/aromatic N) is 2. The molecule has 3 rings (SSSR count). The molecular formula is C12H20N2. The van der Waals surface area contributed by atoms with Gasteiger partial charge in [0.1, 0.15) is 0 Å². The molecule has 2 nitrogen and oxygen atoms in total. The lowest BCUT2D eigenvalue weighted by Crippen LogP contribution is -2.48. The molecule has 3 aliphatic rings. The van der Waals surface area contributed by atoms with Crippen molar-refractivity contribution in [3.63, 3.8) is 0 Å². The van der Waals surface area contributed by atoms with Crippen LogP contribution in [0.1, 0.15) is 26.7 Å². The molecule has 3 aliphatic carbocycles. The van der Waals surface area contributed by atoms with Gasteiger partial charge in [-0.1, -0.05) is 19.9 Å². The third kappa shape index (κ3) is 1.37. The van der Waals surface area contributed by atoms with Crippen molar-refractivity contribution in [2.75, 3.05) is 14.1 Å². The smallest absolute Gasteiger partial charge is 0.0502 e. The molecule has 0 amide bonds. The minimum absolute atomic E-state index is 0.516. The number of fused-ring (bicyclic) bond motifs is 1. The average Bonchev–Trinajstić information content (AvgIpc) is 2.14. The number of hydrogen-bond donors (Lipinski definition) is 0. The second-order valence-electron chi connectivity index (χ2n) is 5.34. The van der Waals surface area contributed by atoms with Gasteiger partial charge < -0.3 is 5.01 Å². The minimum Gasteiger partial charge on any atom is -0.303 e. The van der Waals surface area contributed by atoms with Crippen LogP contribution in [-0.2, 0) is 0 Å². The zero-order valence-electron chi connectivity index (χ0n) is 9.62. The zero-order chi connectivity index (χ0) is 10.3. The maximum Gasteiger partial charge on any atom is 0.0502 e. The van der Waals surface area contributed by atoms with Crippen LogP contribution in [0, 0.1) is 17.3 Å². The highest BCUT2D eigenvalue weighted by Gasteiger charge is 2.50. The van der Waals surface area contributed by atoms with Crippen molar-refractivity contribution >= 4 is 6.21 Å². The van der Waals surface area contributed by atoms with E-state index in [0.29, 0.717) is 5.41 Å². The normalized spacial score (nSPS) is 33.9. The summed E-state index contributed by atoms with van der Waals surface area (Å²) in [4.78, 5) is 0. The molecule has 2 bridgehead atoms. The molecule has 1 saturated carbocycles. The Morgan fingerprint density at radius 2 is 2.21 bits per heavy atom. The molecule has 0 N–H and O–H groups in total. The maximum absolute atomic E-state index is 4.33. The van der Waals surface area contributed by atoms with Crippen LogP contribution in [0.2, 0.25) is 0 Å². The van der Waals surface area contributed by atoms with Crippen LogP contribution in [0.3, 0.4) is 0 Å². The molecule has 1 fully saturated rings. The summed E-state index contributed by atoms with van der Waals surface area (Å²) in [5, 5.41) is 6.19. The molecule has 0 heterocycles. The van der Waals surface area contributed by atoms with E-state index in [2.05, 4.69) is 25.0 Å². The summed E-state index contributed by atoms with van der Waals surface area (Å²) in [5.41, 5.74) is 1.97. The second-order valence-corrected chi connectivity index (χ2v) is 5.34. The van der Waals surface area contributed by atoms with Crippen molar-refractivity contribution in [2.24, 2.45) is 22.4 Å². The highest BCUT2D eigenvalue weighted by Crippen LogP contribution is 2.58. The molecule has 0 radical (unpaired) electrons. The molecule has 0 aliphatic heterocycles. The Hall–Kier alpha value is -0.790. The Morgan fingerprint density at radius 1 is 1.50 bits per heavy atom. The molecule has 0 aromatic carbocycles. The van der Waals surface area contributed by atoms with Gasteiger partial charge in [0.25, 0.3) is 0 Å². The van der Waals surface area contributed by atoms with Gasteiger partial charge in [-0.05, 0) is 35.7 Å². The summed E-state index contributed by atoms with van der Waals surface area (Å²) in [6, 6.07) is 0. The van der Waals surface area contributed by atoms with Gasteiger partial charge in [0.2, 0.25) is 0 Å². The predicted octanol–water partition coefficient (Wildman–Crippen LogP) is 2.53. The van der Waals surface area contributed by atoms with E-state index >= 15 is 0 Å². The van der Waals surface area contributed by atoms with Gasteiger partial charge in [-0.2, -0.15) is 5.10 Å². The van der Waals surface area contributed by atoms with E-state index in [1.54, 1.807) is 0 Å². The van der Waals surface area contributed by atoms with Crippen molar-refractivity contribution in [3.05, 3.63) is 11.6 Å². The molecule has 0 spiro atoms. The zero-order valence-corrected chi connectivity index (χ0v) is 9.62. The summed E-state index contributed by atoms with van der Waals surface area (Å²) in [5.74, 6) is 1.67. The highest BCUT2D eigenvalue weighted by molar-refractivity contribution is 5.80. The van der Waals surface area contributed by atoms with Gasteiger partial charge in [-0.15, -0.1) is 0 Å². The molecule has 0 aromatic rings. The topological polar surface area (TPSA) is 15.6 Å². The van der Waals surface area contributed by atoms with Crippen molar-refractivity contribution in [1.29, 1.82) is 0 Å². The molecular weight excluding hydrogens is 172 g/mol. The minimum atomic E-state index is 0.516.